The van der Waals surface area contributed by atoms with Crippen LogP contribution in [0.5, 0.6) is 0 Å². The van der Waals surface area contributed by atoms with Crippen molar-refractivity contribution in [2.24, 2.45) is 0 Å². The Morgan fingerprint density at radius 1 is 1.21 bits per heavy atom. The summed E-state index contributed by atoms with van der Waals surface area (Å²) in [7, 11) is 0. The SMILES string of the molecule is Nc1cnccc1-c1nc(-c2cccc(F)c2)no1. The van der Waals surface area contributed by atoms with Crippen molar-refractivity contribution in [1.29, 1.82) is 0 Å². The lowest BCUT2D eigenvalue weighted by atomic mass is 10.2. The molecule has 0 aliphatic carbocycles. The summed E-state index contributed by atoms with van der Waals surface area (Å²) >= 11 is 0. The van der Waals surface area contributed by atoms with Gasteiger partial charge in [0.1, 0.15) is 5.82 Å². The van der Waals surface area contributed by atoms with Crippen molar-refractivity contribution in [1.82, 2.24) is 15.1 Å². The molecule has 6 heteroatoms. The standard InChI is InChI=1S/C13H9FN4O/c14-9-3-1-2-8(6-9)12-17-13(19-18-12)10-4-5-16-7-11(10)15/h1-7H,15H2. The fourth-order valence-corrected chi connectivity index (χ4v) is 1.68. The number of nitrogens with zero attached hydrogens (tertiary/aromatic N) is 3. The lowest BCUT2D eigenvalue weighted by Gasteiger charge is -1.97. The molecule has 0 amide bonds. The molecular weight excluding hydrogens is 247 g/mol. The summed E-state index contributed by atoms with van der Waals surface area (Å²) in [6.45, 7) is 0. The van der Waals surface area contributed by atoms with Gasteiger partial charge >= 0.3 is 0 Å². The van der Waals surface area contributed by atoms with Crippen LogP contribution >= 0.6 is 0 Å². The smallest absolute Gasteiger partial charge is 0.260 e. The first-order chi connectivity index (χ1) is 9.24. The molecule has 5 nitrogen and oxygen atoms in total. The van der Waals surface area contributed by atoms with Gasteiger partial charge in [0.15, 0.2) is 0 Å². The number of hydrogen-bond acceptors (Lipinski definition) is 5. The monoisotopic (exact) mass is 256 g/mol. The van der Waals surface area contributed by atoms with Gasteiger partial charge in [-0.15, -0.1) is 0 Å². The number of rotatable bonds is 2. The van der Waals surface area contributed by atoms with E-state index in [0.29, 0.717) is 22.6 Å². The molecule has 0 fully saturated rings. The minimum Gasteiger partial charge on any atom is -0.397 e. The summed E-state index contributed by atoms with van der Waals surface area (Å²) in [4.78, 5) is 8.08. The fraction of sp³-hybridized carbons (Fsp3) is 0. The zero-order valence-corrected chi connectivity index (χ0v) is 9.75. The van der Waals surface area contributed by atoms with Crippen molar-refractivity contribution in [3.05, 3.63) is 48.5 Å². The van der Waals surface area contributed by atoms with E-state index in [0.717, 1.165) is 0 Å². The molecule has 2 N–H and O–H groups in total. The van der Waals surface area contributed by atoms with Crippen LogP contribution < -0.4 is 5.73 Å². The van der Waals surface area contributed by atoms with Gasteiger partial charge in [0.2, 0.25) is 5.82 Å². The normalized spacial score (nSPS) is 10.6. The maximum absolute atomic E-state index is 13.1. The Bertz CT molecular complexity index is 726. The first-order valence-corrected chi connectivity index (χ1v) is 5.53. The van der Waals surface area contributed by atoms with Gasteiger partial charge in [-0.3, -0.25) is 4.98 Å². The van der Waals surface area contributed by atoms with Crippen molar-refractivity contribution >= 4 is 5.69 Å². The van der Waals surface area contributed by atoms with E-state index in [4.69, 9.17) is 10.3 Å². The molecule has 0 atom stereocenters. The van der Waals surface area contributed by atoms with E-state index in [1.165, 1.54) is 18.3 Å². The third-order valence-electron chi connectivity index (χ3n) is 2.59. The molecule has 0 spiro atoms. The third kappa shape index (κ3) is 2.15. The Morgan fingerprint density at radius 2 is 2.11 bits per heavy atom. The quantitative estimate of drug-likeness (QED) is 0.762. The Labute approximate surface area is 107 Å². The van der Waals surface area contributed by atoms with E-state index in [-0.39, 0.29) is 11.7 Å². The number of hydrogen-bond donors (Lipinski definition) is 1. The number of pyridine rings is 1. The van der Waals surface area contributed by atoms with Crippen molar-refractivity contribution < 1.29 is 8.91 Å². The number of anilines is 1. The highest BCUT2D eigenvalue weighted by Gasteiger charge is 2.13. The summed E-state index contributed by atoms with van der Waals surface area (Å²) in [5.74, 6) is 0.233. The summed E-state index contributed by atoms with van der Waals surface area (Å²) in [6, 6.07) is 7.66. The van der Waals surface area contributed by atoms with Crippen LogP contribution in [-0.2, 0) is 0 Å². The first kappa shape index (κ1) is 11.3. The van der Waals surface area contributed by atoms with Crippen molar-refractivity contribution in [2.45, 2.75) is 0 Å². The zero-order valence-electron chi connectivity index (χ0n) is 9.75. The van der Waals surface area contributed by atoms with Crippen LogP contribution in [0.4, 0.5) is 10.1 Å². The molecule has 3 aromatic rings. The Hall–Kier alpha value is -2.76. The zero-order chi connectivity index (χ0) is 13.2. The minimum absolute atomic E-state index is 0.277. The van der Waals surface area contributed by atoms with Gasteiger partial charge in [-0.25, -0.2) is 4.39 Å². The van der Waals surface area contributed by atoms with Gasteiger partial charge < -0.3 is 10.3 Å². The topological polar surface area (TPSA) is 77.8 Å². The van der Waals surface area contributed by atoms with Gasteiger partial charge in [0, 0.05) is 11.8 Å². The van der Waals surface area contributed by atoms with Gasteiger partial charge in [-0.1, -0.05) is 17.3 Å². The third-order valence-corrected chi connectivity index (χ3v) is 2.59. The molecule has 0 saturated carbocycles. The first-order valence-electron chi connectivity index (χ1n) is 5.53. The molecule has 3 rings (SSSR count). The highest BCUT2D eigenvalue weighted by molar-refractivity contribution is 5.70. The van der Waals surface area contributed by atoms with E-state index >= 15 is 0 Å². The average Bonchev–Trinajstić information content (AvgIpc) is 2.89. The van der Waals surface area contributed by atoms with Crippen molar-refractivity contribution in [3.8, 4) is 22.8 Å². The maximum atomic E-state index is 13.1. The molecule has 0 saturated heterocycles. The second kappa shape index (κ2) is 4.49. The average molecular weight is 256 g/mol. The molecule has 2 aromatic heterocycles. The van der Waals surface area contributed by atoms with Crippen LogP contribution in [0, 0.1) is 5.82 Å². The van der Waals surface area contributed by atoms with Crippen LogP contribution in [0.2, 0.25) is 0 Å². The Balaban J connectivity index is 2.03. The molecule has 0 radical (unpaired) electrons. The molecule has 2 heterocycles. The molecule has 0 bridgehead atoms. The molecule has 0 aliphatic rings. The molecular formula is C13H9FN4O. The number of nitrogens with two attached hydrogens (primary N) is 1. The molecule has 94 valence electrons. The summed E-state index contributed by atoms with van der Waals surface area (Å²) in [6.07, 6.45) is 3.08. The fourth-order valence-electron chi connectivity index (χ4n) is 1.68. The van der Waals surface area contributed by atoms with E-state index in [2.05, 4.69) is 15.1 Å². The minimum atomic E-state index is -0.354. The lowest BCUT2D eigenvalue weighted by molar-refractivity contribution is 0.432. The number of nitrogen functional groups attached to an aromatic ring is 1. The molecule has 1 aromatic carbocycles. The van der Waals surface area contributed by atoms with Crippen LogP contribution in [0.15, 0.2) is 47.2 Å². The van der Waals surface area contributed by atoms with Crippen LogP contribution in [0.3, 0.4) is 0 Å². The van der Waals surface area contributed by atoms with E-state index in [1.54, 1.807) is 24.4 Å². The second-order valence-corrected chi connectivity index (χ2v) is 3.90. The van der Waals surface area contributed by atoms with Gasteiger partial charge in [0.25, 0.3) is 5.89 Å². The van der Waals surface area contributed by atoms with Gasteiger partial charge in [-0.05, 0) is 18.2 Å². The molecule has 19 heavy (non-hydrogen) atoms. The Kier molecular flexibility index (Phi) is 2.68. The van der Waals surface area contributed by atoms with E-state index in [1.807, 2.05) is 0 Å². The largest absolute Gasteiger partial charge is 0.397 e. The van der Waals surface area contributed by atoms with Crippen molar-refractivity contribution in [3.63, 3.8) is 0 Å². The Morgan fingerprint density at radius 3 is 2.89 bits per heavy atom. The van der Waals surface area contributed by atoms with Crippen molar-refractivity contribution in [2.75, 3.05) is 5.73 Å². The predicted molar refractivity (Wildman–Crippen MR) is 67.3 cm³/mol. The summed E-state index contributed by atoms with van der Waals surface area (Å²) < 4.78 is 18.3. The molecule has 0 unspecified atom stereocenters. The number of benzene rings is 1. The van der Waals surface area contributed by atoms with Crippen LogP contribution in [-0.4, -0.2) is 15.1 Å². The highest BCUT2D eigenvalue weighted by Crippen LogP contribution is 2.25. The summed E-state index contributed by atoms with van der Waals surface area (Å²) in [5.41, 5.74) is 7.36. The summed E-state index contributed by atoms with van der Waals surface area (Å²) in [5, 5.41) is 3.82. The number of aromatic nitrogens is 3. The predicted octanol–water partition coefficient (Wildman–Crippen LogP) is 2.52. The van der Waals surface area contributed by atoms with Gasteiger partial charge in [-0.2, -0.15) is 4.98 Å². The maximum Gasteiger partial charge on any atom is 0.260 e. The number of halogens is 1. The highest BCUT2D eigenvalue weighted by atomic mass is 19.1. The van der Waals surface area contributed by atoms with Crippen LogP contribution in [0.1, 0.15) is 0 Å². The van der Waals surface area contributed by atoms with Gasteiger partial charge in [0.05, 0.1) is 17.4 Å². The van der Waals surface area contributed by atoms with E-state index < -0.39 is 0 Å². The van der Waals surface area contributed by atoms with E-state index in [9.17, 15) is 4.39 Å². The van der Waals surface area contributed by atoms with Crippen LogP contribution in [0.25, 0.3) is 22.8 Å². The molecule has 0 aliphatic heterocycles. The second-order valence-electron chi connectivity index (χ2n) is 3.90. The lowest BCUT2D eigenvalue weighted by Crippen LogP contribution is -1.90.